The molecular weight excluding hydrogens is 312 g/mol. The Hall–Kier alpha value is -1.75. The van der Waals surface area contributed by atoms with Crippen molar-refractivity contribution in [3.63, 3.8) is 0 Å². The van der Waals surface area contributed by atoms with Gasteiger partial charge >= 0.3 is 0 Å². The first-order valence-corrected chi connectivity index (χ1v) is 9.75. The Kier molecular flexibility index (Phi) is 8.60. The highest BCUT2D eigenvalue weighted by Crippen LogP contribution is 2.25. The summed E-state index contributed by atoms with van der Waals surface area (Å²) in [6, 6.07) is 6.54. The second-order valence-electron chi connectivity index (χ2n) is 6.41. The van der Waals surface area contributed by atoms with Crippen LogP contribution in [0.25, 0.3) is 0 Å². The number of fused-ring (bicyclic) bond motifs is 1. The van der Waals surface area contributed by atoms with Crippen LogP contribution < -0.4 is 15.4 Å². The van der Waals surface area contributed by atoms with E-state index in [4.69, 9.17) is 9.73 Å². The minimum absolute atomic E-state index is 0.821. The second-order valence-corrected chi connectivity index (χ2v) is 6.41. The first kappa shape index (κ1) is 19.6. The number of benzene rings is 1. The van der Waals surface area contributed by atoms with Crippen molar-refractivity contribution in [1.82, 2.24) is 15.5 Å². The highest BCUT2D eigenvalue weighted by molar-refractivity contribution is 5.79. The topological polar surface area (TPSA) is 48.9 Å². The van der Waals surface area contributed by atoms with Crippen molar-refractivity contribution >= 4 is 5.96 Å². The quantitative estimate of drug-likeness (QED) is 0.505. The van der Waals surface area contributed by atoms with E-state index in [1.54, 1.807) is 0 Å². The van der Waals surface area contributed by atoms with Gasteiger partial charge in [0, 0.05) is 26.1 Å². The lowest BCUT2D eigenvalue weighted by atomic mass is 10.1. The third-order valence-corrected chi connectivity index (χ3v) is 4.48. The molecule has 1 heterocycles. The summed E-state index contributed by atoms with van der Waals surface area (Å²) in [6.07, 6.45) is 3.22. The zero-order valence-corrected chi connectivity index (χ0v) is 16.1. The van der Waals surface area contributed by atoms with Crippen LogP contribution in [0.1, 0.15) is 38.3 Å². The fraction of sp³-hybridized carbons (Fsp3) is 0.650. The Bertz CT molecular complexity index is 544. The summed E-state index contributed by atoms with van der Waals surface area (Å²) in [6.45, 7) is 13.2. The van der Waals surface area contributed by atoms with Gasteiger partial charge in [-0.2, -0.15) is 0 Å². The summed E-state index contributed by atoms with van der Waals surface area (Å²) in [4.78, 5) is 7.15. The number of guanidine groups is 1. The van der Waals surface area contributed by atoms with Gasteiger partial charge < -0.3 is 20.3 Å². The summed E-state index contributed by atoms with van der Waals surface area (Å²) in [5.74, 6) is 1.97. The molecule has 1 aliphatic heterocycles. The molecule has 5 nitrogen and oxygen atoms in total. The molecule has 1 aromatic rings. The highest BCUT2D eigenvalue weighted by Gasteiger charge is 2.11. The molecule has 0 aliphatic carbocycles. The van der Waals surface area contributed by atoms with E-state index in [-0.39, 0.29) is 0 Å². The number of nitrogens with zero attached hydrogens (tertiary/aromatic N) is 2. The molecule has 0 saturated carbocycles. The Morgan fingerprint density at radius 2 is 2.08 bits per heavy atom. The van der Waals surface area contributed by atoms with Gasteiger partial charge in [0.05, 0.1) is 13.2 Å². The first-order valence-electron chi connectivity index (χ1n) is 9.75. The Balaban J connectivity index is 1.77. The van der Waals surface area contributed by atoms with Crippen molar-refractivity contribution < 1.29 is 4.74 Å². The first-order chi connectivity index (χ1) is 12.3. The number of hydrogen-bond donors (Lipinski definition) is 2. The molecule has 0 saturated heterocycles. The number of rotatable bonds is 10. The van der Waals surface area contributed by atoms with Gasteiger partial charge in [0.25, 0.3) is 0 Å². The number of likely N-dealkylation sites (N-methyl/N-ethyl adjacent to an activating group) is 1. The number of nitrogens with one attached hydrogen (secondary N) is 2. The molecule has 0 spiro atoms. The van der Waals surface area contributed by atoms with E-state index in [0.29, 0.717) is 0 Å². The molecule has 0 atom stereocenters. The molecule has 5 heteroatoms. The summed E-state index contributed by atoms with van der Waals surface area (Å²) >= 11 is 0. The Morgan fingerprint density at radius 1 is 1.20 bits per heavy atom. The molecular formula is C20H34N4O. The standard InChI is InChI=1S/C20H34N4O/c1-4-13-24(6-3)14-12-23-20(21-5-2)22-11-9-17-7-8-19-18(16-17)10-15-25-19/h7-8,16H,4-6,9-15H2,1-3H3,(H2,21,22,23). The summed E-state index contributed by atoms with van der Waals surface area (Å²) < 4.78 is 5.57. The maximum Gasteiger partial charge on any atom is 0.191 e. The van der Waals surface area contributed by atoms with Gasteiger partial charge in [-0.1, -0.05) is 26.0 Å². The normalized spacial score (nSPS) is 13.7. The van der Waals surface area contributed by atoms with Crippen molar-refractivity contribution in [2.45, 2.75) is 40.0 Å². The van der Waals surface area contributed by atoms with Crippen molar-refractivity contribution in [3.8, 4) is 5.75 Å². The predicted octanol–water partition coefficient (Wildman–Crippen LogP) is 2.45. The molecule has 2 rings (SSSR count). The van der Waals surface area contributed by atoms with Crippen LogP contribution in [0.15, 0.2) is 23.2 Å². The zero-order chi connectivity index (χ0) is 17.9. The van der Waals surface area contributed by atoms with Crippen LogP contribution in [0.3, 0.4) is 0 Å². The van der Waals surface area contributed by atoms with Gasteiger partial charge in [-0.15, -0.1) is 0 Å². The van der Waals surface area contributed by atoms with E-state index < -0.39 is 0 Å². The predicted molar refractivity (Wildman–Crippen MR) is 106 cm³/mol. The summed E-state index contributed by atoms with van der Waals surface area (Å²) in [5.41, 5.74) is 2.70. The van der Waals surface area contributed by atoms with Gasteiger partial charge in [0.1, 0.15) is 5.75 Å². The van der Waals surface area contributed by atoms with Crippen molar-refractivity contribution in [1.29, 1.82) is 0 Å². The van der Waals surface area contributed by atoms with Crippen LogP contribution >= 0.6 is 0 Å². The fourth-order valence-electron chi connectivity index (χ4n) is 3.11. The van der Waals surface area contributed by atoms with Crippen LogP contribution in [0.5, 0.6) is 5.75 Å². The lowest BCUT2D eigenvalue weighted by Crippen LogP contribution is -2.39. The molecule has 1 aliphatic rings. The second kappa shape index (κ2) is 11.0. The molecule has 140 valence electrons. The third-order valence-electron chi connectivity index (χ3n) is 4.48. The molecule has 25 heavy (non-hydrogen) atoms. The molecule has 0 fully saturated rings. The van der Waals surface area contributed by atoms with Gasteiger partial charge in [-0.25, -0.2) is 0 Å². The van der Waals surface area contributed by atoms with E-state index in [0.717, 1.165) is 70.4 Å². The zero-order valence-electron chi connectivity index (χ0n) is 16.1. The van der Waals surface area contributed by atoms with Crippen LogP contribution in [0, 0.1) is 0 Å². The molecule has 0 radical (unpaired) electrons. The SMILES string of the molecule is CCCN(CC)CCN=C(NCC)NCCc1ccc2c(c1)CCO2. The monoisotopic (exact) mass is 346 g/mol. The average molecular weight is 347 g/mol. The lowest BCUT2D eigenvalue weighted by Gasteiger charge is -2.18. The molecule has 0 unspecified atom stereocenters. The van der Waals surface area contributed by atoms with Crippen molar-refractivity contribution in [3.05, 3.63) is 29.3 Å². The van der Waals surface area contributed by atoms with Crippen molar-refractivity contribution in [2.75, 3.05) is 45.9 Å². The minimum Gasteiger partial charge on any atom is -0.493 e. The Morgan fingerprint density at radius 3 is 2.84 bits per heavy atom. The Labute approximate surface area is 152 Å². The van der Waals surface area contributed by atoms with E-state index in [1.807, 2.05) is 0 Å². The van der Waals surface area contributed by atoms with Crippen molar-refractivity contribution in [2.24, 2.45) is 4.99 Å². The smallest absolute Gasteiger partial charge is 0.191 e. The number of ether oxygens (including phenoxy) is 1. The lowest BCUT2D eigenvalue weighted by molar-refractivity contribution is 0.297. The largest absolute Gasteiger partial charge is 0.493 e. The molecule has 2 N–H and O–H groups in total. The fourth-order valence-corrected chi connectivity index (χ4v) is 3.11. The van der Waals surface area contributed by atoms with E-state index in [1.165, 1.54) is 17.5 Å². The average Bonchev–Trinajstić information content (AvgIpc) is 3.08. The molecule has 0 amide bonds. The van der Waals surface area contributed by atoms with Crippen LogP contribution in [0.4, 0.5) is 0 Å². The number of hydrogen-bond acceptors (Lipinski definition) is 3. The van der Waals surface area contributed by atoms with Gasteiger partial charge in [-0.05, 0) is 50.0 Å². The van der Waals surface area contributed by atoms with E-state index in [2.05, 4.69) is 54.5 Å². The summed E-state index contributed by atoms with van der Waals surface area (Å²) in [5, 5.41) is 6.78. The van der Waals surface area contributed by atoms with E-state index >= 15 is 0 Å². The molecule has 0 bridgehead atoms. The third kappa shape index (κ3) is 6.58. The van der Waals surface area contributed by atoms with Crippen LogP contribution in [0.2, 0.25) is 0 Å². The van der Waals surface area contributed by atoms with Gasteiger partial charge in [0.2, 0.25) is 0 Å². The van der Waals surface area contributed by atoms with Gasteiger partial charge in [0.15, 0.2) is 5.96 Å². The highest BCUT2D eigenvalue weighted by atomic mass is 16.5. The maximum absolute atomic E-state index is 5.57. The summed E-state index contributed by atoms with van der Waals surface area (Å²) in [7, 11) is 0. The molecule has 0 aromatic heterocycles. The minimum atomic E-state index is 0.821. The maximum atomic E-state index is 5.57. The van der Waals surface area contributed by atoms with Crippen LogP contribution in [-0.2, 0) is 12.8 Å². The molecule has 1 aromatic carbocycles. The van der Waals surface area contributed by atoms with Gasteiger partial charge in [-0.3, -0.25) is 4.99 Å². The van der Waals surface area contributed by atoms with Crippen LogP contribution in [-0.4, -0.2) is 56.7 Å². The van der Waals surface area contributed by atoms with E-state index in [9.17, 15) is 0 Å². The number of aliphatic imine (C=N–C) groups is 1.